The van der Waals surface area contributed by atoms with Crippen molar-refractivity contribution in [3.63, 3.8) is 0 Å². The van der Waals surface area contributed by atoms with Crippen LogP contribution in [0.25, 0.3) is 0 Å². The van der Waals surface area contributed by atoms with E-state index in [2.05, 4.69) is 10.1 Å². The molecular formula is C14H23NO5. The standard InChI is InChI=1S/C14H23NO5/c1-3-19-13(16)12(15-14(17)18-2)10-6-7-20-11(8-10)9-4-5-9/h9-12H,3-8H2,1-2H3,(H,15,17)/t10-,11+,12+/m1/s1. The van der Waals surface area contributed by atoms with Crippen LogP contribution in [-0.4, -0.2) is 44.5 Å². The Labute approximate surface area is 119 Å². The van der Waals surface area contributed by atoms with Gasteiger partial charge in [0.15, 0.2) is 0 Å². The van der Waals surface area contributed by atoms with Crippen LogP contribution in [0, 0.1) is 11.8 Å². The number of amides is 1. The topological polar surface area (TPSA) is 73.9 Å². The lowest BCUT2D eigenvalue weighted by Gasteiger charge is -2.33. The minimum Gasteiger partial charge on any atom is -0.464 e. The Bertz CT molecular complexity index is 355. The SMILES string of the molecule is CCOC(=O)[C@@H](NC(=O)OC)[C@@H]1CCO[C@H](C2CC2)C1. The van der Waals surface area contributed by atoms with E-state index in [0.717, 1.165) is 12.8 Å². The Morgan fingerprint density at radius 2 is 2.10 bits per heavy atom. The quantitative estimate of drug-likeness (QED) is 0.774. The molecule has 1 saturated heterocycles. The van der Waals surface area contributed by atoms with Gasteiger partial charge in [-0.05, 0) is 44.4 Å². The summed E-state index contributed by atoms with van der Waals surface area (Å²) >= 11 is 0. The third-order valence-corrected chi connectivity index (χ3v) is 3.97. The van der Waals surface area contributed by atoms with Crippen LogP contribution in [-0.2, 0) is 19.0 Å². The highest BCUT2D eigenvalue weighted by Crippen LogP contribution is 2.40. The zero-order chi connectivity index (χ0) is 14.5. The van der Waals surface area contributed by atoms with Crippen LogP contribution >= 0.6 is 0 Å². The second-order valence-corrected chi connectivity index (χ2v) is 5.40. The molecule has 1 aliphatic carbocycles. The molecule has 1 heterocycles. The van der Waals surface area contributed by atoms with Crippen molar-refractivity contribution >= 4 is 12.1 Å². The van der Waals surface area contributed by atoms with E-state index in [0.29, 0.717) is 19.1 Å². The Balaban J connectivity index is 1.99. The molecule has 0 bridgehead atoms. The summed E-state index contributed by atoms with van der Waals surface area (Å²) < 4.78 is 15.4. The summed E-state index contributed by atoms with van der Waals surface area (Å²) in [7, 11) is 1.29. The molecule has 2 rings (SSSR count). The summed E-state index contributed by atoms with van der Waals surface area (Å²) in [6.07, 6.45) is 3.55. The predicted octanol–water partition coefficient (Wildman–Crippen LogP) is 1.48. The molecule has 1 amide bonds. The molecule has 114 valence electrons. The van der Waals surface area contributed by atoms with Gasteiger partial charge in [-0.25, -0.2) is 9.59 Å². The maximum atomic E-state index is 12.1. The fraction of sp³-hybridized carbons (Fsp3) is 0.857. The van der Waals surface area contributed by atoms with Crippen LogP contribution in [0.2, 0.25) is 0 Å². The summed E-state index contributed by atoms with van der Waals surface area (Å²) in [5, 5.41) is 2.61. The van der Waals surface area contributed by atoms with Crippen molar-refractivity contribution in [2.45, 2.75) is 44.8 Å². The number of rotatable bonds is 5. The number of methoxy groups -OCH3 is 1. The molecule has 0 aromatic rings. The molecule has 0 aromatic carbocycles. The fourth-order valence-corrected chi connectivity index (χ4v) is 2.74. The molecule has 6 nitrogen and oxygen atoms in total. The average Bonchev–Trinajstić information content (AvgIpc) is 3.29. The van der Waals surface area contributed by atoms with E-state index in [1.165, 1.54) is 20.0 Å². The molecule has 20 heavy (non-hydrogen) atoms. The molecule has 2 fully saturated rings. The lowest BCUT2D eigenvalue weighted by molar-refractivity contribution is -0.148. The van der Waals surface area contributed by atoms with Gasteiger partial charge in [0.2, 0.25) is 0 Å². The number of esters is 1. The monoisotopic (exact) mass is 285 g/mol. The second-order valence-electron chi connectivity index (χ2n) is 5.40. The van der Waals surface area contributed by atoms with E-state index >= 15 is 0 Å². The molecule has 3 atom stereocenters. The average molecular weight is 285 g/mol. The number of nitrogens with one attached hydrogen (secondary N) is 1. The van der Waals surface area contributed by atoms with Crippen LogP contribution in [0.5, 0.6) is 0 Å². The van der Waals surface area contributed by atoms with E-state index in [9.17, 15) is 9.59 Å². The summed E-state index contributed by atoms with van der Waals surface area (Å²) in [5.74, 6) is 0.283. The minimum atomic E-state index is -0.646. The van der Waals surface area contributed by atoms with Crippen molar-refractivity contribution in [1.82, 2.24) is 5.32 Å². The van der Waals surface area contributed by atoms with Gasteiger partial charge in [0.05, 0.1) is 19.8 Å². The van der Waals surface area contributed by atoms with Gasteiger partial charge < -0.3 is 19.5 Å². The highest BCUT2D eigenvalue weighted by molar-refractivity contribution is 5.81. The molecule has 1 aliphatic heterocycles. The minimum absolute atomic E-state index is 0.0486. The van der Waals surface area contributed by atoms with E-state index in [4.69, 9.17) is 9.47 Å². The van der Waals surface area contributed by atoms with Crippen molar-refractivity contribution in [2.24, 2.45) is 11.8 Å². The smallest absolute Gasteiger partial charge is 0.407 e. The van der Waals surface area contributed by atoms with Gasteiger partial charge in [0, 0.05) is 6.61 Å². The molecule has 0 radical (unpaired) electrons. The van der Waals surface area contributed by atoms with Crippen LogP contribution in [0.3, 0.4) is 0 Å². The number of carbonyl (C=O) groups excluding carboxylic acids is 2. The summed E-state index contributed by atoms with van der Waals surface area (Å²) in [5.41, 5.74) is 0. The van der Waals surface area contributed by atoms with Gasteiger partial charge in [-0.3, -0.25) is 0 Å². The van der Waals surface area contributed by atoms with Crippen molar-refractivity contribution in [3.05, 3.63) is 0 Å². The third kappa shape index (κ3) is 3.85. The van der Waals surface area contributed by atoms with E-state index < -0.39 is 12.1 Å². The number of hydrogen-bond donors (Lipinski definition) is 1. The van der Waals surface area contributed by atoms with E-state index in [1.807, 2.05) is 0 Å². The van der Waals surface area contributed by atoms with Gasteiger partial charge >= 0.3 is 12.1 Å². The molecule has 1 N–H and O–H groups in total. The maximum absolute atomic E-state index is 12.1. The molecule has 0 unspecified atom stereocenters. The summed E-state index contributed by atoms with van der Waals surface area (Å²) in [4.78, 5) is 23.5. The lowest BCUT2D eigenvalue weighted by Crippen LogP contribution is -2.49. The maximum Gasteiger partial charge on any atom is 0.407 e. The number of alkyl carbamates (subject to hydrolysis) is 1. The zero-order valence-electron chi connectivity index (χ0n) is 12.1. The number of hydrogen-bond acceptors (Lipinski definition) is 5. The Kier molecular flexibility index (Phi) is 5.23. The molecule has 0 aromatic heterocycles. The summed E-state index contributed by atoms with van der Waals surface area (Å²) in [6.45, 7) is 2.68. The van der Waals surface area contributed by atoms with Gasteiger partial charge in [-0.2, -0.15) is 0 Å². The molecule has 1 saturated carbocycles. The fourth-order valence-electron chi connectivity index (χ4n) is 2.74. The van der Waals surface area contributed by atoms with Crippen molar-refractivity contribution in [3.8, 4) is 0 Å². The highest BCUT2D eigenvalue weighted by atomic mass is 16.5. The van der Waals surface area contributed by atoms with Gasteiger partial charge in [0.25, 0.3) is 0 Å². The molecular weight excluding hydrogens is 262 g/mol. The van der Waals surface area contributed by atoms with E-state index in [1.54, 1.807) is 6.92 Å². The van der Waals surface area contributed by atoms with E-state index in [-0.39, 0.29) is 18.0 Å². The molecule has 6 heteroatoms. The zero-order valence-corrected chi connectivity index (χ0v) is 12.1. The first-order valence-corrected chi connectivity index (χ1v) is 7.28. The summed E-state index contributed by atoms with van der Waals surface area (Å²) in [6, 6.07) is -0.646. The van der Waals surface area contributed by atoms with Crippen LogP contribution in [0.4, 0.5) is 4.79 Å². The lowest BCUT2D eigenvalue weighted by atomic mass is 9.87. The van der Waals surface area contributed by atoms with Crippen LogP contribution < -0.4 is 5.32 Å². The Hall–Kier alpha value is -1.30. The van der Waals surface area contributed by atoms with Gasteiger partial charge in [-0.15, -0.1) is 0 Å². The van der Waals surface area contributed by atoms with Crippen LogP contribution in [0.1, 0.15) is 32.6 Å². The van der Waals surface area contributed by atoms with Crippen LogP contribution in [0.15, 0.2) is 0 Å². The first kappa shape index (κ1) is 15.1. The third-order valence-electron chi connectivity index (χ3n) is 3.97. The first-order chi connectivity index (χ1) is 9.65. The number of ether oxygens (including phenoxy) is 3. The highest BCUT2D eigenvalue weighted by Gasteiger charge is 2.40. The van der Waals surface area contributed by atoms with Crippen molar-refractivity contribution in [2.75, 3.05) is 20.3 Å². The van der Waals surface area contributed by atoms with Crippen molar-refractivity contribution < 1.29 is 23.8 Å². The second kappa shape index (κ2) is 6.92. The molecule has 0 spiro atoms. The largest absolute Gasteiger partial charge is 0.464 e. The van der Waals surface area contributed by atoms with Crippen molar-refractivity contribution in [1.29, 1.82) is 0 Å². The molecule has 2 aliphatic rings. The Morgan fingerprint density at radius 3 is 2.70 bits per heavy atom. The van der Waals surface area contributed by atoms with Gasteiger partial charge in [0.1, 0.15) is 6.04 Å². The first-order valence-electron chi connectivity index (χ1n) is 7.28. The normalized spacial score (nSPS) is 27.5. The Morgan fingerprint density at radius 1 is 1.35 bits per heavy atom. The predicted molar refractivity (Wildman–Crippen MR) is 71.1 cm³/mol. The number of carbonyl (C=O) groups is 2. The van der Waals surface area contributed by atoms with Gasteiger partial charge in [-0.1, -0.05) is 0 Å².